The van der Waals surface area contributed by atoms with Gasteiger partial charge in [-0.05, 0) is 47.1 Å². The molecule has 0 fully saturated rings. The van der Waals surface area contributed by atoms with Gasteiger partial charge in [0.25, 0.3) is 5.56 Å². The zero-order valence-electron chi connectivity index (χ0n) is 17.1. The zero-order valence-corrected chi connectivity index (χ0v) is 18.7. The minimum absolute atomic E-state index is 0.0282. The van der Waals surface area contributed by atoms with Gasteiger partial charge >= 0.3 is 17.8 Å². The highest BCUT2D eigenvalue weighted by Gasteiger charge is 2.37. The lowest BCUT2D eigenvalue weighted by Gasteiger charge is -2.18. The number of rotatable bonds is 6. The van der Waals surface area contributed by atoms with E-state index in [9.17, 15) is 27.6 Å². The SMILES string of the molecule is Cc1c(C(F)(F)F)n(C)c(=O)n(-c2ccc(Br)c(Oc3ccccc3OCC(=O)O)c2)c1=O. The van der Waals surface area contributed by atoms with Crippen molar-refractivity contribution in [3.05, 3.63) is 79.0 Å². The quantitative estimate of drug-likeness (QED) is 0.521. The second kappa shape index (κ2) is 9.14. The van der Waals surface area contributed by atoms with E-state index < -0.39 is 41.3 Å². The standard InChI is InChI=1S/C21H16BrF3N2O6/c1-11-18(21(23,24)25)26(2)20(31)27(19(11)30)12-7-8-13(22)16(9-12)33-15-6-4-3-5-14(15)32-10-17(28)29/h3-9H,10H2,1-2H3,(H,28,29). The van der Waals surface area contributed by atoms with Gasteiger partial charge in [-0.1, -0.05) is 12.1 Å². The summed E-state index contributed by atoms with van der Waals surface area (Å²) in [5.74, 6) is -0.831. The summed E-state index contributed by atoms with van der Waals surface area (Å²) >= 11 is 3.27. The summed E-state index contributed by atoms with van der Waals surface area (Å²) in [7, 11) is 0.931. The summed E-state index contributed by atoms with van der Waals surface area (Å²) in [6, 6.07) is 10.3. The highest BCUT2D eigenvalue weighted by Crippen LogP contribution is 2.36. The summed E-state index contributed by atoms with van der Waals surface area (Å²) in [5.41, 5.74) is -4.30. The van der Waals surface area contributed by atoms with Crippen LogP contribution in [0.5, 0.6) is 17.2 Å². The van der Waals surface area contributed by atoms with Crippen molar-refractivity contribution in [3.8, 4) is 22.9 Å². The van der Waals surface area contributed by atoms with Crippen LogP contribution in [0.25, 0.3) is 5.69 Å². The molecular formula is C21H16BrF3N2O6. The molecule has 0 radical (unpaired) electrons. The van der Waals surface area contributed by atoms with E-state index in [0.29, 0.717) is 13.6 Å². The lowest BCUT2D eigenvalue weighted by atomic mass is 10.2. The number of carbonyl (C=O) groups is 1. The van der Waals surface area contributed by atoms with E-state index in [0.717, 1.165) is 14.0 Å². The number of aromatic nitrogens is 2. The van der Waals surface area contributed by atoms with Crippen molar-refractivity contribution in [2.75, 3.05) is 6.61 Å². The Labute approximate surface area is 192 Å². The zero-order chi connectivity index (χ0) is 24.5. The first-order valence-electron chi connectivity index (χ1n) is 9.23. The molecule has 0 saturated carbocycles. The monoisotopic (exact) mass is 528 g/mol. The molecule has 0 aliphatic heterocycles. The first kappa shape index (κ1) is 24.1. The molecule has 0 spiro atoms. The van der Waals surface area contributed by atoms with E-state index >= 15 is 0 Å². The number of hydrogen-bond donors (Lipinski definition) is 1. The molecule has 12 heteroatoms. The molecule has 174 valence electrons. The van der Waals surface area contributed by atoms with Crippen molar-refractivity contribution in [3.63, 3.8) is 0 Å². The summed E-state index contributed by atoms with van der Waals surface area (Å²) in [6.07, 6.45) is -4.89. The van der Waals surface area contributed by atoms with Crippen LogP contribution in [0.2, 0.25) is 0 Å². The van der Waals surface area contributed by atoms with Crippen LogP contribution < -0.4 is 20.7 Å². The minimum atomic E-state index is -4.89. The third-order valence-electron chi connectivity index (χ3n) is 4.55. The number of alkyl halides is 3. The number of benzene rings is 2. The number of para-hydroxylation sites is 2. The largest absolute Gasteiger partial charge is 0.479 e. The normalized spacial score (nSPS) is 11.3. The molecule has 0 aliphatic rings. The van der Waals surface area contributed by atoms with Gasteiger partial charge in [0.15, 0.2) is 18.1 Å². The summed E-state index contributed by atoms with van der Waals surface area (Å²) < 4.78 is 52.3. The second-order valence-electron chi connectivity index (χ2n) is 6.80. The fraction of sp³-hybridized carbons (Fsp3) is 0.190. The predicted octanol–water partition coefficient (Wildman–Crippen LogP) is 3.88. The van der Waals surface area contributed by atoms with Crippen LogP contribution in [0.1, 0.15) is 11.3 Å². The summed E-state index contributed by atoms with van der Waals surface area (Å²) in [4.78, 5) is 36.1. The van der Waals surface area contributed by atoms with Crippen LogP contribution in [-0.2, 0) is 18.0 Å². The van der Waals surface area contributed by atoms with Crippen LogP contribution in [0.15, 0.2) is 56.5 Å². The number of halogens is 4. The Bertz CT molecular complexity index is 1310. The fourth-order valence-corrected chi connectivity index (χ4v) is 3.43. The molecule has 2 aromatic carbocycles. The molecule has 0 atom stereocenters. The Balaban J connectivity index is 2.10. The summed E-state index contributed by atoms with van der Waals surface area (Å²) in [6.45, 7) is 0.380. The molecular weight excluding hydrogens is 513 g/mol. The molecule has 0 bridgehead atoms. The van der Waals surface area contributed by atoms with Gasteiger partial charge in [0.1, 0.15) is 11.4 Å². The maximum Gasteiger partial charge on any atom is 0.432 e. The van der Waals surface area contributed by atoms with E-state index in [2.05, 4.69) is 15.9 Å². The van der Waals surface area contributed by atoms with Crippen LogP contribution in [0.4, 0.5) is 13.2 Å². The minimum Gasteiger partial charge on any atom is -0.479 e. The van der Waals surface area contributed by atoms with Crippen LogP contribution in [0.3, 0.4) is 0 Å². The van der Waals surface area contributed by atoms with Crippen molar-refractivity contribution >= 4 is 21.9 Å². The number of hydrogen-bond acceptors (Lipinski definition) is 5. The maximum absolute atomic E-state index is 13.3. The van der Waals surface area contributed by atoms with Crippen LogP contribution in [-0.4, -0.2) is 26.8 Å². The van der Waals surface area contributed by atoms with Crippen molar-refractivity contribution in [1.29, 1.82) is 0 Å². The first-order chi connectivity index (χ1) is 15.4. The van der Waals surface area contributed by atoms with E-state index in [-0.39, 0.29) is 22.9 Å². The van der Waals surface area contributed by atoms with E-state index in [1.54, 1.807) is 12.1 Å². The Hall–Kier alpha value is -3.54. The second-order valence-corrected chi connectivity index (χ2v) is 7.65. The molecule has 1 N–H and O–H groups in total. The highest BCUT2D eigenvalue weighted by molar-refractivity contribution is 9.10. The number of ether oxygens (including phenoxy) is 2. The highest BCUT2D eigenvalue weighted by atomic mass is 79.9. The van der Waals surface area contributed by atoms with Gasteiger partial charge in [-0.15, -0.1) is 0 Å². The van der Waals surface area contributed by atoms with Gasteiger partial charge in [0.2, 0.25) is 0 Å². The molecule has 33 heavy (non-hydrogen) atoms. The molecule has 0 aliphatic carbocycles. The Kier molecular flexibility index (Phi) is 6.68. The van der Waals surface area contributed by atoms with Gasteiger partial charge < -0.3 is 14.6 Å². The predicted molar refractivity (Wildman–Crippen MR) is 114 cm³/mol. The maximum atomic E-state index is 13.3. The molecule has 1 aromatic heterocycles. The Morgan fingerprint density at radius 1 is 1.09 bits per heavy atom. The first-order valence-corrected chi connectivity index (χ1v) is 10.0. The third kappa shape index (κ3) is 4.95. The molecule has 3 rings (SSSR count). The van der Waals surface area contributed by atoms with E-state index in [1.165, 1.54) is 30.3 Å². The van der Waals surface area contributed by atoms with Gasteiger partial charge in [-0.25, -0.2) is 14.2 Å². The average molecular weight is 529 g/mol. The van der Waals surface area contributed by atoms with Crippen molar-refractivity contribution in [2.45, 2.75) is 13.1 Å². The smallest absolute Gasteiger partial charge is 0.432 e. The molecule has 0 saturated heterocycles. The van der Waals surface area contributed by atoms with Crippen LogP contribution in [0, 0.1) is 6.92 Å². The van der Waals surface area contributed by atoms with Crippen LogP contribution >= 0.6 is 15.9 Å². The topological polar surface area (TPSA) is 99.8 Å². The Morgan fingerprint density at radius 3 is 2.33 bits per heavy atom. The van der Waals surface area contributed by atoms with Crippen molar-refractivity contribution < 1.29 is 32.5 Å². The molecule has 3 aromatic rings. The van der Waals surface area contributed by atoms with Gasteiger partial charge in [0.05, 0.1) is 10.2 Å². The third-order valence-corrected chi connectivity index (χ3v) is 5.21. The molecule has 0 unspecified atom stereocenters. The summed E-state index contributed by atoms with van der Waals surface area (Å²) in [5, 5.41) is 8.82. The van der Waals surface area contributed by atoms with Gasteiger partial charge in [-0.2, -0.15) is 13.2 Å². The van der Waals surface area contributed by atoms with E-state index in [4.69, 9.17) is 14.6 Å². The van der Waals surface area contributed by atoms with E-state index in [1.807, 2.05) is 0 Å². The molecule has 1 heterocycles. The molecule has 8 nitrogen and oxygen atoms in total. The number of nitrogens with zero attached hydrogens (tertiary/aromatic N) is 2. The lowest BCUT2D eigenvalue weighted by Crippen LogP contribution is -2.42. The fourth-order valence-electron chi connectivity index (χ4n) is 3.10. The Morgan fingerprint density at radius 2 is 1.73 bits per heavy atom. The van der Waals surface area contributed by atoms with Crippen molar-refractivity contribution in [2.24, 2.45) is 7.05 Å². The lowest BCUT2D eigenvalue weighted by molar-refractivity contribution is -0.144. The number of carboxylic acid groups (broad SMARTS) is 1. The van der Waals surface area contributed by atoms with Gasteiger partial charge in [0, 0.05) is 18.7 Å². The van der Waals surface area contributed by atoms with Gasteiger partial charge in [-0.3, -0.25) is 9.36 Å². The number of aliphatic carboxylic acids is 1. The number of carboxylic acids is 1. The average Bonchev–Trinajstić information content (AvgIpc) is 2.73. The molecule has 0 amide bonds. The van der Waals surface area contributed by atoms with Crippen molar-refractivity contribution in [1.82, 2.24) is 9.13 Å².